The Labute approximate surface area is 165 Å². The molecule has 1 fully saturated rings. The standard InChI is InChI=1S/C19H19N5O5/c1-21-19(26)23(14-7-3-2-4-8-14)17(20-21)13-6-5-11-22(12-13)18(25)15-9-10-16(29-15)24(27)28/h2-4,7-10,13H,5-6,11-12H2,1H3. The first-order valence-electron chi connectivity index (χ1n) is 9.20. The molecule has 0 bridgehead atoms. The van der Waals surface area contributed by atoms with Gasteiger partial charge in [0.05, 0.1) is 11.8 Å². The first-order valence-corrected chi connectivity index (χ1v) is 9.20. The van der Waals surface area contributed by atoms with Crippen LogP contribution in [0.1, 0.15) is 35.1 Å². The zero-order chi connectivity index (χ0) is 20.5. The maximum atomic E-state index is 12.8. The molecule has 1 aliphatic heterocycles. The summed E-state index contributed by atoms with van der Waals surface area (Å²) in [5.41, 5.74) is 0.460. The molecule has 10 heteroatoms. The number of furan rings is 1. The minimum Gasteiger partial charge on any atom is -0.395 e. The molecule has 2 aromatic heterocycles. The summed E-state index contributed by atoms with van der Waals surface area (Å²) in [5.74, 6) is -0.505. The highest BCUT2D eigenvalue weighted by atomic mass is 16.6. The van der Waals surface area contributed by atoms with Crippen molar-refractivity contribution in [1.29, 1.82) is 0 Å². The smallest absolute Gasteiger partial charge is 0.395 e. The fraction of sp³-hybridized carbons (Fsp3) is 0.316. The van der Waals surface area contributed by atoms with Crippen LogP contribution in [-0.2, 0) is 7.05 Å². The number of nitrogens with zero attached hydrogens (tertiary/aromatic N) is 5. The van der Waals surface area contributed by atoms with Gasteiger partial charge in [-0.25, -0.2) is 14.0 Å². The summed E-state index contributed by atoms with van der Waals surface area (Å²) in [7, 11) is 1.60. The number of likely N-dealkylation sites (tertiary alicyclic amines) is 1. The van der Waals surface area contributed by atoms with Gasteiger partial charge < -0.3 is 9.32 Å². The number of amides is 1. The van der Waals surface area contributed by atoms with Crippen LogP contribution in [0.5, 0.6) is 0 Å². The summed E-state index contributed by atoms with van der Waals surface area (Å²) in [6.45, 7) is 0.850. The quantitative estimate of drug-likeness (QED) is 0.492. The number of para-hydroxylation sites is 1. The minimum absolute atomic E-state index is 0.0705. The van der Waals surface area contributed by atoms with E-state index in [2.05, 4.69) is 5.10 Å². The molecule has 1 saturated heterocycles. The Morgan fingerprint density at radius 1 is 1.24 bits per heavy atom. The molecule has 150 valence electrons. The SMILES string of the molecule is Cn1nc(C2CCCN(C(=O)c3ccc([N+](=O)[O-])o3)C2)n(-c2ccccc2)c1=O. The number of aryl methyl sites for hydroxylation is 1. The summed E-state index contributed by atoms with van der Waals surface area (Å²) in [6, 6.07) is 11.7. The molecule has 0 N–H and O–H groups in total. The molecule has 1 aromatic carbocycles. The average molecular weight is 397 g/mol. The van der Waals surface area contributed by atoms with Gasteiger partial charge in [-0.05, 0) is 31.0 Å². The van der Waals surface area contributed by atoms with Crippen molar-refractivity contribution in [2.24, 2.45) is 7.05 Å². The maximum Gasteiger partial charge on any atom is 0.433 e. The van der Waals surface area contributed by atoms with Crippen molar-refractivity contribution in [2.75, 3.05) is 13.1 Å². The van der Waals surface area contributed by atoms with Gasteiger partial charge in [-0.2, -0.15) is 5.10 Å². The van der Waals surface area contributed by atoms with Crippen molar-refractivity contribution >= 4 is 11.8 Å². The van der Waals surface area contributed by atoms with E-state index in [0.717, 1.165) is 12.8 Å². The lowest BCUT2D eigenvalue weighted by molar-refractivity contribution is -0.402. The van der Waals surface area contributed by atoms with Crippen molar-refractivity contribution in [1.82, 2.24) is 19.2 Å². The predicted molar refractivity (Wildman–Crippen MR) is 102 cm³/mol. The molecule has 1 amide bonds. The third kappa shape index (κ3) is 3.44. The maximum absolute atomic E-state index is 12.8. The second-order valence-electron chi connectivity index (χ2n) is 6.92. The van der Waals surface area contributed by atoms with Crippen LogP contribution in [0.3, 0.4) is 0 Å². The van der Waals surface area contributed by atoms with Gasteiger partial charge in [-0.3, -0.25) is 14.9 Å². The lowest BCUT2D eigenvalue weighted by atomic mass is 9.96. The summed E-state index contributed by atoms with van der Waals surface area (Å²) in [5, 5.41) is 15.2. The fourth-order valence-corrected chi connectivity index (χ4v) is 3.64. The number of rotatable bonds is 4. The summed E-state index contributed by atoms with van der Waals surface area (Å²) in [4.78, 5) is 37.1. The Kier molecular flexibility index (Phi) is 4.75. The van der Waals surface area contributed by atoms with E-state index in [1.54, 1.807) is 16.5 Å². The first kappa shape index (κ1) is 18.7. The third-order valence-corrected chi connectivity index (χ3v) is 5.02. The van der Waals surface area contributed by atoms with Crippen LogP contribution in [0.25, 0.3) is 5.69 Å². The monoisotopic (exact) mass is 397 g/mol. The Balaban J connectivity index is 1.62. The number of carbonyl (C=O) groups excluding carboxylic acids is 1. The van der Waals surface area contributed by atoms with Crippen LogP contribution in [-0.4, -0.2) is 43.2 Å². The minimum atomic E-state index is -0.678. The van der Waals surface area contributed by atoms with Gasteiger partial charge in [-0.1, -0.05) is 18.2 Å². The predicted octanol–water partition coefficient (Wildman–Crippen LogP) is 2.09. The van der Waals surface area contributed by atoms with Crippen LogP contribution >= 0.6 is 0 Å². The van der Waals surface area contributed by atoms with E-state index in [0.29, 0.717) is 24.6 Å². The van der Waals surface area contributed by atoms with Crippen molar-refractivity contribution in [3.63, 3.8) is 0 Å². The fourth-order valence-electron chi connectivity index (χ4n) is 3.64. The van der Waals surface area contributed by atoms with Crippen molar-refractivity contribution < 1.29 is 14.1 Å². The number of piperidine rings is 1. The Morgan fingerprint density at radius 2 is 2.00 bits per heavy atom. The molecule has 1 unspecified atom stereocenters. The van der Waals surface area contributed by atoms with Crippen LogP contribution in [0.15, 0.2) is 51.7 Å². The van der Waals surface area contributed by atoms with E-state index in [9.17, 15) is 19.7 Å². The number of nitro groups is 1. The molecule has 0 saturated carbocycles. The number of hydrogen-bond acceptors (Lipinski definition) is 6. The molecule has 3 aromatic rings. The van der Waals surface area contributed by atoms with Crippen LogP contribution in [0, 0.1) is 10.1 Å². The number of aromatic nitrogens is 3. The molecule has 1 atom stereocenters. The van der Waals surface area contributed by atoms with Gasteiger partial charge in [0.1, 0.15) is 10.7 Å². The lowest BCUT2D eigenvalue weighted by Gasteiger charge is -2.31. The molecule has 1 aliphatic rings. The molecule has 29 heavy (non-hydrogen) atoms. The lowest BCUT2D eigenvalue weighted by Crippen LogP contribution is -2.39. The van der Waals surface area contributed by atoms with Crippen LogP contribution in [0.4, 0.5) is 5.88 Å². The van der Waals surface area contributed by atoms with E-state index in [4.69, 9.17) is 4.42 Å². The Bertz CT molecular complexity index is 1110. The van der Waals surface area contributed by atoms with Gasteiger partial charge in [-0.15, -0.1) is 0 Å². The zero-order valence-electron chi connectivity index (χ0n) is 15.7. The van der Waals surface area contributed by atoms with E-state index in [1.165, 1.54) is 16.8 Å². The highest BCUT2D eigenvalue weighted by Gasteiger charge is 2.31. The molecule has 4 rings (SSSR count). The Hall–Kier alpha value is -3.69. The van der Waals surface area contributed by atoms with Crippen LogP contribution < -0.4 is 5.69 Å². The summed E-state index contributed by atoms with van der Waals surface area (Å²) < 4.78 is 7.91. The highest BCUT2D eigenvalue weighted by Crippen LogP contribution is 2.28. The first-order chi connectivity index (χ1) is 14.0. The number of hydrogen-bond donors (Lipinski definition) is 0. The van der Waals surface area contributed by atoms with E-state index in [1.807, 2.05) is 30.3 Å². The van der Waals surface area contributed by atoms with Gasteiger partial charge >= 0.3 is 11.6 Å². The van der Waals surface area contributed by atoms with Gasteiger partial charge in [0.25, 0.3) is 5.91 Å². The van der Waals surface area contributed by atoms with E-state index in [-0.39, 0.29) is 17.4 Å². The third-order valence-electron chi connectivity index (χ3n) is 5.02. The Morgan fingerprint density at radius 3 is 2.69 bits per heavy atom. The molecule has 0 aliphatic carbocycles. The van der Waals surface area contributed by atoms with Gasteiger partial charge in [0.2, 0.25) is 0 Å². The second kappa shape index (κ2) is 7.38. The second-order valence-corrected chi connectivity index (χ2v) is 6.92. The molecule has 0 spiro atoms. The number of benzene rings is 1. The molecule has 10 nitrogen and oxygen atoms in total. The molecule has 0 radical (unpaired) electrons. The van der Waals surface area contributed by atoms with Gasteiger partial charge in [0, 0.05) is 26.1 Å². The number of carbonyl (C=O) groups is 1. The van der Waals surface area contributed by atoms with Gasteiger partial charge in [0.15, 0.2) is 5.76 Å². The average Bonchev–Trinajstić information content (AvgIpc) is 3.34. The molecular formula is C19H19N5O5. The van der Waals surface area contributed by atoms with Crippen LogP contribution in [0.2, 0.25) is 0 Å². The normalized spacial score (nSPS) is 16.7. The van der Waals surface area contributed by atoms with E-state index < -0.39 is 16.7 Å². The summed E-state index contributed by atoms with van der Waals surface area (Å²) >= 11 is 0. The van der Waals surface area contributed by atoms with Crippen molar-refractivity contribution in [3.05, 3.63) is 74.6 Å². The van der Waals surface area contributed by atoms with E-state index >= 15 is 0 Å². The zero-order valence-corrected chi connectivity index (χ0v) is 15.7. The van der Waals surface area contributed by atoms with Crippen molar-refractivity contribution in [3.8, 4) is 5.69 Å². The largest absolute Gasteiger partial charge is 0.433 e. The molecule has 3 heterocycles. The highest BCUT2D eigenvalue weighted by molar-refractivity contribution is 5.91. The van der Waals surface area contributed by atoms with Crippen molar-refractivity contribution in [2.45, 2.75) is 18.8 Å². The molecular weight excluding hydrogens is 378 g/mol. The summed E-state index contributed by atoms with van der Waals surface area (Å²) in [6.07, 6.45) is 1.49. The topological polar surface area (TPSA) is 116 Å².